The molecule has 0 fully saturated rings. The number of hydrogen-bond donors (Lipinski definition) is 0. The first-order valence-electron chi connectivity index (χ1n) is 4.50. The highest BCUT2D eigenvalue weighted by molar-refractivity contribution is 6.20. The summed E-state index contributed by atoms with van der Waals surface area (Å²) in [4.78, 5) is 3.99. The molecular formula is C11H11ClN2. The van der Waals surface area contributed by atoms with Gasteiger partial charge in [0.1, 0.15) is 0 Å². The number of aromatic nitrogens is 2. The monoisotopic (exact) mass is 206 g/mol. The molecule has 3 heteroatoms. The fourth-order valence-corrected chi connectivity index (χ4v) is 1.47. The van der Waals surface area contributed by atoms with Crippen LogP contribution in [-0.4, -0.2) is 9.55 Å². The van der Waals surface area contributed by atoms with E-state index < -0.39 is 0 Å². The van der Waals surface area contributed by atoms with Gasteiger partial charge in [0.15, 0.2) is 0 Å². The predicted molar refractivity (Wildman–Crippen MR) is 57.8 cm³/mol. The Hall–Kier alpha value is -1.28. The van der Waals surface area contributed by atoms with Gasteiger partial charge in [0.05, 0.1) is 11.7 Å². The van der Waals surface area contributed by atoms with Gasteiger partial charge in [-0.2, -0.15) is 0 Å². The van der Waals surface area contributed by atoms with Crippen LogP contribution in [0.2, 0.25) is 0 Å². The van der Waals surface area contributed by atoms with E-state index in [2.05, 4.69) is 4.98 Å². The van der Waals surface area contributed by atoms with Gasteiger partial charge in [-0.05, 0) is 24.6 Å². The summed E-state index contributed by atoms with van der Waals surface area (Å²) >= 11 is 5.96. The maximum Gasteiger partial charge on any atom is 0.0991 e. The summed E-state index contributed by atoms with van der Waals surface area (Å²) in [5.74, 6) is 0. The molecular weight excluding hydrogens is 196 g/mol. The van der Waals surface area contributed by atoms with Crippen LogP contribution in [-0.2, 0) is 0 Å². The molecule has 0 bridgehead atoms. The molecule has 1 aromatic heterocycles. The summed E-state index contributed by atoms with van der Waals surface area (Å²) in [6.07, 6.45) is 5.45. The lowest BCUT2D eigenvalue weighted by Gasteiger charge is -2.05. The van der Waals surface area contributed by atoms with E-state index in [1.807, 2.05) is 42.0 Å². The number of nitrogens with zero attached hydrogens (tertiary/aromatic N) is 2. The lowest BCUT2D eigenvalue weighted by Crippen LogP contribution is -1.90. The van der Waals surface area contributed by atoms with Crippen LogP contribution in [0.5, 0.6) is 0 Å². The largest absolute Gasteiger partial charge is 0.306 e. The Morgan fingerprint density at radius 1 is 1.29 bits per heavy atom. The molecule has 0 radical (unpaired) electrons. The smallest absolute Gasteiger partial charge is 0.0991 e. The third-order valence-corrected chi connectivity index (χ3v) is 2.41. The van der Waals surface area contributed by atoms with Gasteiger partial charge >= 0.3 is 0 Å². The van der Waals surface area contributed by atoms with Crippen molar-refractivity contribution in [3.05, 3.63) is 48.5 Å². The Bertz CT molecular complexity index is 390. The summed E-state index contributed by atoms with van der Waals surface area (Å²) in [6.45, 7) is 1.97. The third kappa shape index (κ3) is 1.80. The van der Waals surface area contributed by atoms with Gasteiger partial charge in [-0.15, -0.1) is 11.6 Å². The molecule has 1 aromatic carbocycles. The molecule has 1 atom stereocenters. The van der Waals surface area contributed by atoms with Crippen molar-refractivity contribution in [2.45, 2.75) is 12.3 Å². The minimum absolute atomic E-state index is 0.0619. The molecule has 1 unspecified atom stereocenters. The van der Waals surface area contributed by atoms with Gasteiger partial charge in [0, 0.05) is 18.1 Å². The summed E-state index contributed by atoms with van der Waals surface area (Å²) in [5, 5.41) is 0.0619. The van der Waals surface area contributed by atoms with E-state index in [9.17, 15) is 0 Å². The number of benzene rings is 1. The Morgan fingerprint density at radius 3 is 2.50 bits per heavy atom. The van der Waals surface area contributed by atoms with Crippen molar-refractivity contribution in [2.75, 3.05) is 0 Å². The molecule has 0 spiro atoms. The van der Waals surface area contributed by atoms with Crippen LogP contribution < -0.4 is 0 Å². The number of halogens is 1. The first-order chi connectivity index (χ1) is 6.77. The fourth-order valence-electron chi connectivity index (χ4n) is 1.32. The van der Waals surface area contributed by atoms with Crippen molar-refractivity contribution in [3.63, 3.8) is 0 Å². The molecule has 2 rings (SSSR count). The molecule has 2 aromatic rings. The second-order valence-electron chi connectivity index (χ2n) is 3.18. The van der Waals surface area contributed by atoms with E-state index in [0.717, 1.165) is 11.3 Å². The third-order valence-electron chi connectivity index (χ3n) is 2.15. The summed E-state index contributed by atoms with van der Waals surface area (Å²) in [5.41, 5.74) is 2.24. The van der Waals surface area contributed by atoms with Crippen LogP contribution in [0.1, 0.15) is 17.9 Å². The second kappa shape index (κ2) is 3.84. The van der Waals surface area contributed by atoms with Crippen molar-refractivity contribution < 1.29 is 0 Å². The van der Waals surface area contributed by atoms with Crippen LogP contribution in [0, 0.1) is 0 Å². The Labute approximate surface area is 88.2 Å². The average molecular weight is 207 g/mol. The lowest BCUT2D eigenvalue weighted by molar-refractivity contribution is 1.04. The van der Waals surface area contributed by atoms with Gasteiger partial charge in [-0.3, -0.25) is 0 Å². The van der Waals surface area contributed by atoms with E-state index >= 15 is 0 Å². The molecule has 2 nitrogen and oxygen atoms in total. The highest BCUT2D eigenvalue weighted by Crippen LogP contribution is 2.20. The zero-order valence-corrected chi connectivity index (χ0v) is 8.65. The Morgan fingerprint density at radius 2 is 2.00 bits per heavy atom. The topological polar surface area (TPSA) is 17.8 Å². The second-order valence-corrected chi connectivity index (χ2v) is 3.83. The van der Waals surface area contributed by atoms with Crippen LogP contribution >= 0.6 is 11.6 Å². The molecule has 1 heterocycles. The summed E-state index contributed by atoms with van der Waals surface area (Å²) in [7, 11) is 0. The Balaban J connectivity index is 2.31. The summed E-state index contributed by atoms with van der Waals surface area (Å²) < 4.78 is 1.96. The molecule has 0 amide bonds. The van der Waals surface area contributed by atoms with Crippen LogP contribution in [0.3, 0.4) is 0 Å². The molecule has 0 saturated carbocycles. The Kier molecular flexibility index (Phi) is 2.55. The highest BCUT2D eigenvalue weighted by Gasteiger charge is 2.00. The van der Waals surface area contributed by atoms with Gasteiger partial charge < -0.3 is 4.57 Å². The zero-order chi connectivity index (χ0) is 9.97. The van der Waals surface area contributed by atoms with E-state index in [1.54, 1.807) is 12.5 Å². The number of alkyl halides is 1. The van der Waals surface area contributed by atoms with Crippen LogP contribution in [0.4, 0.5) is 0 Å². The standard InChI is InChI=1S/C11H11ClN2/c1-9(12)10-2-4-11(5-3-10)14-7-6-13-8-14/h2-9H,1H3. The fraction of sp³-hybridized carbons (Fsp3) is 0.182. The molecule has 72 valence electrons. The van der Waals surface area contributed by atoms with Crippen molar-refractivity contribution in [2.24, 2.45) is 0 Å². The van der Waals surface area contributed by atoms with Crippen molar-refractivity contribution in [1.82, 2.24) is 9.55 Å². The maximum atomic E-state index is 5.96. The number of hydrogen-bond acceptors (Lipinski definition) is 1. The molecule has 0 aliphatic rings. The highest BCUT2D eigenvalue weighted by atomic mass is 35.5. The summed E-state index contributed by atoms with van der Waals surface area (Å²) in [6, 6.07) is 8.14. The normalized spacial score (nSPS) is 12.7. The van der Waals surface area contributed by atoms with Crippen molar-refractivity contribution in [1.29, 1.82) is 0 Å². The SMILES string of the molecule is CC(Cl)c1ccc(-n2ccnc2)cc1. The average Bonchev–Trinajstić information content (AvgIpc) is 2.71. The predicted octanol–water partition coefficient (Wildman–Crippen LogP) is 3.17. The minimum Gasteiger partial charge on any atom is -0.306 e. The van der Waals surface area contributed by atoms with Crippen molar-refractivity contribution >= 4 is 11.6 Å². The molecule has 0 saturated heterocycles. The first-order valence-corrected chi connectivity index (χ1v) is 4.93. The van der Waals surface area contributed by atoms with Gasteiger partial charge in [-0.1, -0.05) is 12.1 Å². The molecule has 14 heavy (non-hydrogen) atoms. The van der Waals surface area contributed by atoms with E-state index in [-0.39, 0.29) is 5.38 Å². The zero-order valence-electron chi connectivity index (χ0n) is 7.89. The van der Waals surface area contributed by atoms with E-state index in [4.69, 9.17) is 11.6 Å². The minimum atomic E-state index is 0.0619. The maximum absolute atomic E-state index is 5.96. The van der Waals surface area contributed by atoms with Gasteiger partial charge in [0.2, 0.25) is 0 Å². The lowest BCUT2D eigenvalue weighted by atomic mass is 10.1. The first kappa shape index (κ1) is 9.28. The van der Waals surface area contributed by atoms with Gasteiger partial charge in [-0.25, -0.2) is 4.98 Å². The molecule has 0 N–H and O–H groups in total. The number of imidazole rings is 1. The van der Waals surface area contributed by atoms with Gasteiger partial charge in [0.25, 0.3) is 0 Å². The molecule has 0 aliphatic carbocycles. The van der Waals surface area contributed by atoms with E-state index in [1.165, 1.54) is 0 Å². The number of rotatable bonds is 2. The van der Waals surface area contributed by atoms with Crippen LogP contribution in [0.15, 0.2) is 43.0 Å². The van der Waals surface area contributed by atoms with E-state index in [0.29, 0.717) is 0 Å². The quantitative estimate of drug-likeness (QED) is 0.691. The van der Waals surface area contributed by atoms with Crippen LogP contribution in [0.25, 0.3) is 5.69 Å². The molecule has 0 aliphatic heterocycles. The van der Waals surface area contributed by atoms with Crippen molar-refractivity contribution in [3.8, 4) is 5.69 Å².